The van der Waals surface area contributed by atoms with Crippen LogP contribution in [-0.2, 0) is 6.42 Å². The van der Waals surface area contributed by atoms with Crippen LogP contribution >= 0.6 is 0 Å². The van der Waals surface area contributed by atoms with Crippen LogP contribution in [0.15, 0.2) is 24.3 Å². The normalized spacial score (nSPS) is 26.0. The summed E-state index contributed by atoms with van der Waals surface area (Å²) in [5.74, 6) is 0. The molecule has 0 aromatic heterocycles. The van der Waals surface area contributed by atoms with Gasteiger partial charge in [0, 0.05) is 36.4 Å². The van der Waals surface area contributed by atoms with E-state index in [4.69, 9.17) is 0 Å². The van der Waals surface area contributed by atoms with Gasteiger partial charge in [-0.15, -0.1) is 0 Å². The molecule has 2 nitrogen and oxygen atoms in total. The number of fused-ring (bicyclic) bond motifs is 2. The molecule has 0 saturated carbocycles. The summed E-state index contributed by atoms with van der Waals surface area (Å²) in [6.45, 7) is 16.4. The second-order valence-electron chi connectivity index (χ2n) is 9.42. The second kappa shape index (κ2) is 5.26. The van der Waals surface area contributed by atoms with Gasteiger partial charge in [0.25, 0.3) is 0 Å². The molecule has 2 aliphatic rings. The highest BCUT2D eigenvalue weighted by atomic mass is 15.4. The van der Waals surface area contributed by atoms with Gasteiger partial charge < -0.3 is 4.90 Å². The van der Waals surface area contributed by atoms with Crippen LogP contribution in [0.5, 0.6) is 0 Å². The Bertz CT molecular complexity index is 518. The van der Waals surface area contributed by atoms with Crippen molar-refractivity contribution in [2.75, 3.05) is 18.0 Å². The van der Waals surface area contributed by atoms with Crippen molar-refractivity contribution in [3.8, 4) is 0 Å². The Hall–Kier alpha value is -1.02. The molecule has 1 aromatic carbocycles. The van der Waals surface area contributed by atoms with Gasteiger partial charge in [0.15, 0.2) is 0 Å². The number of rotatable bonds is 2. The van der Waals surface area contributed by atoms with Crippen LogP contribution in [0.25, 0.3) is 0 Å². The Labute approximate surface area is 136 Å². The highest BCUT2D eigenvalue weighted by Crippen LogP contribution is 2.38. The topological polar surface area (TPSA) is 6.48 Å². The molecule has 2 heteroatoms. The molecular formula is C20H32N2. The molecule has 0 spiro atoms. The third kappa shape index (κ3) is 3.17. The number of piperazine rings is 1. The van der Waals surface area contributed by atoms with Crippen LogP contribution < -0.4 is 4.90 Å². The number of benzene rings is 1. The lowest BCUT2D eigenvalue weighted by molar-refractivity contribution is 0.113. The molecule has 2 heterocycles. The van der Waals surface area contributed by atoms with E-state index < -0.39 is 0 Å². The van der Waals surface area contributed by atoms with Crippen molar-refractivity contribution < 1.29 is 0 Å². The van der Waals surface area contributed by atoms with Gasteiger partial charge in [0.2, 0.25) is 0 Å². The molecule has 0 unspecified atom stereocenters. The average molecular weight is 300 g/mol. The maximum atomic E-state index is 2.70. The summed E-state index contributed by atoms with van der Waals surface area (Å²) in [5.41, 5.74) is 3.54. The molecule has 2 bridgehead atoms. The Morgan fingerprint density at radius 1 is 0.909 bits per heavy atom. The predicted molar refractivity (Wildman–Crippen MR) is 95.6 cm³/mol. The summed E-state index contributed by atoms with van der Waals surface area (Å²) >= 11 is 0. The molecule has 22 heavy (non-hydrogen) atoms. The number of nitrogens with zero attached hydrogens (tertiary/aromatic N) is 2. The highest BCUT2D eigenvalue weighted by Gasteiger charge is 2.46. The lowest BCUT2D eigenvalue weighted by Gasteiger charge is -2.42. The Morgan fingerprint density at radius 2 is 1.55 bits per heavy atom. The molecule has 0 N–H and O–H groups in total. The fourth-order valence-corrected chi connectivity index (χ4v) is 4.22. The van der Waals surface area contributed by atoms with E-state index in [-0.39, 0.29) is 0 Å². The van der Waals surface area contributed by atoms with Gasteiger partial charge in [0.1, 0.15) is 0 Å². The molecule has 0 aliphatic carbocycles. The molecular weight excluding hydrogens is 268 g/mol. The average Bonchev–Trinajstić information content (AvgIpc) is 2.96. The molecule has 0 amide bonds. The van der Waals surface area contributed by atoms with Gasteiger partial charge in [0.05, 0.1) is 0 Å². The first-order chi connectivity index (χ1) is 10.1. The summed E-state index contributed by atoms with van der Waals surface area (Å²) < 4.78 is 0. The van der Waals surface area contributed by atoms with E-state index in [9.17, 15) is 0 Å². The number of hydrogen-bond donors (Lipinski definition) is 0. The molecule has 2 saturated heterocycles. The quantitative estimate of drug-likeness (QED) is 0.802. The SMILES string of the molecule is CC(C)(C)Cc1ccc(N2C[C@@H]3C[C@H]2CN3C(C)(C)C)cc1. The predicted octanol–water partition coefficient (Wildman–Crippen LogP) is 4.34. The fourth-order valence-electron chi connectivity index (χ4n) is 4.22. The number of hydrogen-bond acceptors (Lipinski definition) is 2. The summed E-state index contributed by atoms with van der Waals surface area (Å²) in [5, 5.41) is 0. The van der Waals surface area contributed by atoms with Crippen molar-refractivity contribution in [1.29, 1.82) is 0 Å². The van der Waals surface area contributed by atoms with Gasteiger partial charge in [-0.2, -0.15) is 0 Å². The van der Waals surface area contributed by atoms with Crippen molar-refractivity contribution >= 4 is 5.69 Å². The van der Waals surface area contributed by atoms with E-state index >= 15 is 0 Å². The minimum Gasteiger partial charge on any atom is -0.366 e. The van der Waals surface area contributed by atoms with Crippen LogP contribution in [0.1, 0.15) is 53.5 Å². The lowest BCUT2D eigenvalue weighted by Crippen LogP contribution is -2.53. The minimum atomic E-state index is 0.308. The zero-order valence-corrected chi connectivity index (χ0v) is 15.2. The zero-order chi connectivity index (χ0) is 16.1. The van der Waals surface area contributed by atoms with Gasteiger partial charge in [-0.3, -0.25) is 4.90 Å². The van der Waals surface area contributed by atoms with Gasteiger partial charge in [-0.1, -0.05) is 32.9 Å². The summed E-state index contributed by atoms with van der Waals surface area (Å²) in [6, 6.07) is 10.8. The monoisotopic (exact) mass is 300 g/mol. The molecule has 2 atom stereocenters. The van der Waals surface area contributed by atoms with Crippen molar-refractivity contribution in [1.82, 2.24) is 4.90 Å². The first-order valence-corrected chi connectivity index (χ1v) is 8.76. The van der Waals surface area contributed by atoms with Crippen molar-refractivity contribution in [2.45, 2.75) is 72.0 Å². The minimum absolute atomic E-state index is 0.308. The smallest absolute Gasteiger partial charge is 0.0433 e. The lowest BCUT2D eigenvalue weighted by atomic mass is 9.88. The van der Waals surface area contributed by atoms with Gasteiger partial charge in [-0.25, -0.2) is 0 Å². The van der Waals surface area contributed by atoms with Crippen molar-refractivity contribution in [2.24, 2.45) is 5.41 Å². The molecule has 3 rings (SSSR count). The van der Waals surface area contributed by atoms with Crippen molar-refractivity contribution in [3.05, 3.63) is 29.8 Å². The van der Waals surface area contributed by atoms with Crippen LogP contribution in [0.3, 0.4) is 0 Å². The number of likely N-dealkylation sites (tertiary alicyclic amines) is 1. The second-order valence-corrected chi connectivity index (χ2v) is 9.42. The zero-order valence-electron chi connectivity index (χ0n) is 15.2. The van der Waals surface area contributed by atoms with Gasteiger partial charge in [-0.05, 0) is 56.7 Å². The largest absolute Gasteiger partial charge is 0.366 e. The standard InChI is InChI=1S/C20H32N2/c1-19(2,3)12-15-7-9-16(10-8-15)21-13-18-11-17(21)14-22(18)20(4,5)6/h7-10,17-18H,11-14H2,1-6H3/t17-,18-/m0/s1. The van der Waals surface area contributed by atoms with E-state index in [0.717, 1.165) is 12.5 Å². The Morgan fingerprint density at radius 3 is 2.00 bits per heavy atom. The first-order valence-electron chi connectivity index (χ1n) is 8.76. The van der Waals surface area contributed by atoms with E-state index in [1.165, 1.54) is 30.8 Å². The highest BCUT2D eigenvalue weighted by molar-refractivity contribution is 5.51. The van der Waals surface area contributed by atoms with E-state index in [1.54, 1.807) is 0 Å². The van der Waals surface area contributed by atoms with E-state index in [2.05, 4.69) is 75.6 Å². The van der Waals surface area contributed by atoms with Crippen molar-refractivity contribution in [3.63, 3.8) is 0 Å². The molecule has 2 aliphatic heterocycles. The maximum Gasteiger partial charge on any atom is 0.0433 e. The Balaban J connectivity index is 1.68. The van der Waals surface area contributed by atoms with E-state index in [1.807, 2.05) is 0 Å². The summed E-state index contributed by atoms with van der Waals surface area (Å²) in [7, 11) is 0. The third-order valence-electron chi connectivity index (χ3n) is 5.10. The molecule has 122 valence electrons. The van der Waals surface area contributed by atoms with Crippen LogP contribution in [-0.4, -0.2) is 35.6 Å². The molecule has 2 fully saturated rings. The fraction of sp³-hybridized carbons (Fsp3) is 0.700. The van der Waals surface area contributed by atoms with Gasteiger partial charge >= 0.3 is 0 Å². The summed E-state index contributed by atoms with van der Waals surface area (Å²) in [6.07, 6.45) is 2.48. The van der Waals surface area contributed by atoms with Crippen LogP contribution in [0.4, 0.5) is 5.69 Å². The Kier molecular flexibility index (Phi) is 3.79. The van der Waals surface area contributed by atoms with E-state index in [0.29, 0.717) is 17.0 Å². The molecule has 1 aromatic rings. The molecule has 0 radical (unpaired) electrons. The third-order valence-corrected chi connectivity index (χ3v) is 5.10. The number of anilines is 1. The summed E-state index contributed by atoms with van der Waals surface area (Å²) in [4.78, 5) is 5.33. The first kappa shape index (κ1) is 15.9. The maximum absolute atomic E-state index is 2.70. The van der Waals surface area contributed by atoms with Crippen LogP contribution in [0.2, 0.25) is 0 Å². The van der Waals surface area contributed by atoms with Crippen LogP contribution in [0, 0.1) is 5.41 Å².